The molecule has 1 amide bonds. The maximum absolute atomic E-state index is 13.6. The molecule has 4 aromatic rings. The van der Waals surface area contributed by atoms with Crippen molar-refractivity contribution in [2.24, 2.45) is 5.92 Å². The fourth-order valence-corrected chi connectivity index (χ4v) is 4.53. The highest BCUT2D eigenvalue weighted by Crippen LogP contribution is 2.33. The second-order valence-electron chi connectivity index (χ2n) is 8.91. The van der Waals surface area contributed by atoms with Gasteiger partial charge in [-0.05, 0) is 74.2 Å². The molecular formula is C26H26FN5O2. The average Bonchev–Trinajstić information content (AvgIpc) is 3.42. The van der Waals surface area contributed by atoms with Crippen molar-refractivity contribution in [3.05, 3.63) is 71.4 Å². The summed E-state index contributed by atoms with van der Waals surface area (Å²) in [6.45, 7) is 7.42. The van der Waals surface area contributed by atoms with Crippen LogP contribution >= 0.6 is 0 Å². The van der Waals surface area contributed by atoms with E-state index >= 15 is 0 Å². The van der Waals surface area contributed by atoms with E-state index in [1.165, 1.54) is 12.1 Å². The number of aryl methyl sites for hydroxylation is 1. The third-order valence-electron chi connectivity index (χ3n) is 6.27. The van der Waals surface area contributed by atoms with Crippen molar-refractivity contribution in [1.82, 2.24) is 24.9 Å². The Balaban J connectivity index is 1.54. The zero-order valence-corrected chi connectivity index (χ0v) is 19.5. The second kappa shape index (κ2) is 8.85. The summed E-state index contributed by atoms with van der Waals surface area (Å²) in [4.78, 5) is 14.9. The van der Waals surface area contributed by atoms with Crippen LogP contribution in [-0.4, -0.2) is 43.9 Å². The largest absolute Gasteiger partial charge is 0.420 e. The van der Waals surface area contributed by atoms with Crippen molar-refractivity contribution in [2.45, 2.75) is 33.6 Å². The van der Waals surface area contributed by atoms with E-state index in [1.54, 1.807) is 23.7 Å². The lowest BCUT2D eigenvalue weighted by atomic mass is 9.99. The van der Waals surface area contributed by atoms with Gasteiger partial charge in [0.05, 0.1) is 11.4 Å². The van der Waals surface area contributed by atoms with Gasteiger partial charge in [-0.3, -0.25) is 4.79 Å². The van der Waals surface area contributed by atoms with Crippen molar-refractivity contribution in [2.75, 3.05) is 13.1 Å². The molecule has 0 radical (unpaired) electrons. The van der Waals surface area contributed by atoms with Crippen LogP contribution in [0.3, 0.4) is 0 Å². The van der Waals surface area contributed by atoms with Gasteiger partial charge >= 0.3 is 0 Å². The fraction of sp³-hybridized carbons (Fsp3) is 0.308. The number of amides is 1. The summed E-state index contributed by atoms with van der Waals surface area (Å²) < 4.78 is 21.0. The van der Waals surface area contributed by atoms with E-state index in [0.29, 0.717) is 29.0 Å². The van der Waals surface area contributed by atoms with Crippen LogP contribution in [0.4, 0.5) is 4.39 Å². The molecular weight excluding hydrogens is 433 g/mol. The lowest BCUT2D eigenvalue weighted by Gasteiger charge is -2.31. The van der Waals surface area contributed by atoms with E-state index in [2.05, 4.69) is 17.1 Å². The van der Waals surface area contributed by atoms with E-state index in [4.69, 9.17) is 9.52 Å². The SMILES string of the molecule is Cc1nnc(-c2nn(-c3ccc(C(=O)N4CCC[C@H](C)C4)cc3)c(-c3ccc(F)cc3)c2C)o1. The maximum Gasteiger partial charge on any atom is 0.268 e. The third kappa shape index (κ3) is 4.11. The van der Waals surface area contributed by atoms with E-state index in [-0.39, 0.29) is 11.7 Å². The number of hydrogen-bond acceptors (Lipinski definition) is 5. The average molecular weight is 460 g/mol. The first-order chi connectivity index (χ1) is 16.4. The molecule has 174 valence electrons. The Hall–Kier alpha value is -3.81. The van der Waals surface area contributed by atoms with Crippen molar-refractivity contribution in [3.63, 3.8) is 0 Å². The molecule has 34 heavy (non-hydrogen) atoms. The van der Waals surface area contributed by atoms with Crippen LogP contribution in [0.5, 0.6) is 0 Å². The van der Waals surface area contributed by atoms with E-state index in [9.17, 15) is 9.18 Å². The summed E-state index contributed by atoms with van der Waals surface area (Å²) in [6.07, 6.45) is 2.20. The Bertz CT molecular complexity index is 1320. The summed E-state index contributed by atoms with van der Waals surface area (Å²) >= 11 is 0. The number of likely N-dealkylation sites (tertiary alicyclic amines) is 1. The number of aromatic nitrogens is 4. The number of hydrogen-bond donors (Lipinski definition) is 0. The zero-order valence-electron chi connectivity index (χ0n) is 19.5. The molecule has 0 spiro atoms. The van der Waals surface area contributed by atoms with Gasteiger partial charge in [-0.15, -0.1) is 10.2 Å². The van der Waals surface area contributed by atoms with Gasteiger partial charge in [0.2, 0.25) is 5.89 Å². The van der Waals surface area contributed by atoms with Crippen molar-refractivity contribution >= 4 is 5.91 Å². The summed E-state index contributed by atoms with van der Waals surface area (Å²) in [6, 6.07) is 13.7. The maximum atomic E-state index is 13.6. The highest BCUT2D eigenvalue weighted by molar-refractivity contribution is 5.94. The minimum absolute atomic E-state index is 0.0514. The quantitative estimate of drug-likeness (QED) is 0.418. The van der Waals surface area contributed by atoms with Crippen LogP contribution < -0.4 is 0 Å². The van der Waals surface area contributed by atoms with Gasteiger partial charge in [-0.2, -0.15) is 5.10 Å². The topological polar surface area (TPSA) is 77.1 Å². The lowest BCUT2D eigenvalue weighted by molar-refractivity contribution is 0.0683. The minimum Gasteiger partial charge on any atom is -0.420 e. The number of benzene rings is 2. The molecule has 0 aliphatic carbocycles. The molecule has 2 aromatic heterocycles. The molecule has 1 aliphatic heterocycles. The van der Waals surface area contributed by atoms with Crippen LogP contribution in [-0.2, 0) is 0 Å². The number of carbonyl (C=O) groups is 1. The second-order valence-corrected chi connectivity index (χ2v) is 8.91. The minimum atomic E-state index is -0.310. The van der Waals surface area contributed by atoms with E-state index in [0.717, 1.165) is 48.4 Å². The molecule has 1 fully saturated rings. The fourth-order valence-electron chi connectivity index (χ4n) is 4.53. The smallest absolute Gasteiger partial charge is 0.268 e. The van der Waals surface area contributed by atoms with Crippen molar-refractivity contribution < 1.29 is 13.6 Å². The molecule has 1 atom stereocenters. The predicted octanol–water partition coefficient (Wildman–Crippen LogP) is 5.22. The molecule has 8 heteroatoms. The van der Waals surface area contributed by atoms with Crippen molar-refractivity contribution in [1.29, 1.82) is 0 Å². The highest BCUT2D eigenvalue weighted by atomic mass is 19.1. The molecule has 0 saturated carbocycles. The lowest BCUT2D eigenvalue weighted by Crippen LogP contribution is -2.39. The number of rotatable bonds is 4. The van der Waals surface area contributed by atoms with Gasteiger partial charge in [0.15, 0.2) is 5.69 Å². The molecule has 5 rings (SSSR count). The van der Waals surface area contributed by atoms with Gasteiger partial charge in [-0.25, -0.2) is 9.07 Å². The normalized spacial score (nSPS) is 16.1. The Morgan fingerprint density at radius 1 is 1.06 bits per heavy atom. The summed E-state index contributed by atoms with van der Waals surface area (Å²) in [5, 5.41) is 12.8. The summed E-state index contributed by atoms with van der Waals surface area (Å²) in [5.41, 5.74) is 4.40. The summed E-state index contributed by atoms with van der Waals surface area (Å²) in [7, 11) is 0. The zero-order chi connectivity index (χ0) is 23.8. The summed E-state index contributed by atoms with van der Waals surface area (Å²) in [5.74, 6) is 1.03. The van der Waals surface area contributed by atoms with E-state index < -0.39 is 0 Å². The number of nitrogens with zero attached hydrogens (tertiary/aromatic N) is 5. The molecule has 2 aromatic carbocycles. The molecule has 3 heterocycles. The number of carbonyl (C=O) groups excluding carboxylic acids is 1. The third-order valence-corrected chi connectivity index (χ3v) is 6.27. The molecule has 0 unspecified atom stereocenters. The number of halogens is 1. The van der Waals surface area contributed by atoms with Gasteiger partial charge < -0.3 is 9.32 Å². The Morgan fingerprint density at radius 2 is 1.79 bits per heavy atom. The monoisotopic (exact) mass is 459 g/mol. The Morgan fingerprint density at radius 3 is 2.44 bits per heavy atom. The molecule has 1 aliphatic rings. The van der Waals surface area contributed by atoms with Gasteiger partial charge in [0.25, 0.3) is 11.8 Å². The standard InChI is InChI=1S/C26H26FN5O2/c1-16-5-4-14-31(15-16)26(33)20-8-12-22(13-9-20)32-24(19-6-10-21(27)11-7-19)17(2)23(30-32)25-29-28-18(3)34-25/h6-13,16H,4-5,14-15H2,1-3H3/t16-/m0/s1. The molecule has 0 N–H and O–H groups in total. The predicted molar refractivity (Wildman–Crippen MR) is 126 cm³/mol. The van der Waals surface area contributed by atoms with E-state index in [1.807, 2.05) is 36.1 Å². The highest BCUT2D eigenvalue weighted by Gasteiger charge is 2.24. The molecule has 7 nitrogen and oxygen atoms in total. The first kappa shape index (κ1) is 22.0. The van der Waals surface area contributed by atoms with Crippen LogP contribution in [0, 0.1) is 25.6 Å². The van der Waals surface area contributed by atoms with Crippen molar-refractivity contribution in [3.8, 4) is 28.5 Å². The van der Waals surface area contributed by atoms with Crippen LogP contribution in [0.1, 0.15) is 41.6 Å². The molecule has 0 bridgehead atoms. The van der Waals surface area contributed by atoms with Gasteiger partial charge in [0, 0.05) is 36.7 Å². The van der Waals surface area contributed by atoms with Crippen LogP contribution in [0.25, 0.3) is 28.5 Å². The Kier molecular flexibility index (Phi) is 5.73. The van der Waals surface area contributed by atoms with Gasteiger partial charge in [0.1, 0.15) is 5.82 Å². The molecule has 1 saturated heterocycles. The number of piperidine rings is 1. The Labute approximate surface area is 197 Å². The van der Waals surface area contributed by atoms with Gasteiger partial charge in [-0.1, -0.05) is 6.92 Å². The first-order valence-electron chi connectivity index (χ1n) is 11.5. The van der Waals surface area contributed by atoms with Crippen LogP contribution in [0.15, 0.2) is 52.9 Å². The van der Waals surface area contributed by atoms with Crippen LogP contribution in [0.2, 0.25) is 0 Å². The first-order valence-corrected chi connectivity index (χ1v) is 11.5.